The van der Waals surface area contributed by atoms with Crippen molar-refractivity contribution in [3.63, 3.8) is 0 Å². The second-order valence-electron chi connectivity index (χ2n) is 6.13. The molecule has 3 rings (SSSR count). The van der Waals surface area contributed by atoms with Gasteiger partial charge in [0.2, 0.25) is 0 Å². The molecule has 0 fully saturated rings. The van der Waals surface area contributed by atoms with Gasteiger partial charge >= 0.3 is 5.97 Å². The number of hydrogen-bond acceptors (Lipinski definition) is 5. The van der Waals surface area contributed by atoms with Gasteiger partial charge in [0, 0.05) is 0 Å². The minimum absolute atomic E-state index is 0.0698. The van der Waals surface area contributed by atoms with Crippen molar-refractivity contribution in [1.82, 2.24) is 15.5 Å². The van der Waals surface area contributed by atoms with E-state index >= 15 is 0 Å². The van der Waals surface area contributed by atoms with E-state index in [1.807, 2.05) is 0 Å². The van der Waals surface area contributed by atoms with Gasteiger partial charge in [0.15, 0.2) is 0 Å². The third kappa shape index (κ3) is 4.00. The van der Waals surface area contributed by atoms with E-state index in [9.17, 15) is 19.1 Å². The summed E-state index contributed by atoms with van der Waals surface area (Å²) < 4.78 is 18.8. The number of hydrogen-bond donors (Lipinski definition) is 2. The third-order valence-electron chi connectivity index (χ3n) is 4.04. The summed E-state index contributed by atoms with van der Waals surface area (Å²) >= 11 is 0. The van der Waals surface area contributed by atoms with Crippen LogP contribution in [0.1, 0.15) is 29.5 Å². The van der Waals surface area contributed by atoms with Crippen molar-refractivity contribution >= 4 is 11.9 Å². The lowest BCUT2D eigenvalue weighted by Gasteiger charge is -2.29. The van der Waals surface area contributed by atoms with Gasteiger partial charge in [0.05, 0.1) is 17.5 Å². The van der Waals surface area contributed by atoms with E-state index in [1.54, 1.807) is 43.3 Å². The quantitative estimate of drug-likeness (QED) is 0.692. The van der Waals surface area contributed by atoms with Crippen LogP contribution < -0.4 is 5.32 Å². The molecule has 0 radical (unpaired) electrons. The van der Waals surface area contributed by atoms with E-state index in [4.69, 9.17) is 4.52 Å². The molecule has 0 aliphatic heterocycles. The highest BCUT2D eigenvalue weighted by Crippen LogP contribution is 2.26. The topological polar surface area (TPSA) is 105 Å². The number of nitrogens with one attached hydrogen (secondary N) is 1. The SMILES string of the molecule is C[C@@](CC(=O)O)(NC(=O)c1noc(-c2ccccc2F)n1)c1ccccc1. The molecule has 1 atom stereocenters. The van der Waals surface area contributed by atoms with Gasteiger partial charge in [-0.15, -0.1) is 0 Å². The number of rotatable bonds is 6. The van der Waals surface area contributed by atoms with E-state index in [0.29, 0.717) is 5.56 Å². The van der Waals surface area contributed by atoms with Crippen molar-refractivity contribution in [2.45, 2.75) is 18.9 Å². The minimum atomic E-state index is -1.19. The van der Waals surface area contributed by atoms with Crippen LogP contribution in [0.25, 0.3) is 11.5 Å². The van der Waals surface area contributed by atoms with Crippen LogP contribution in [0, 0.1) is 5.82 Å². The van der Waals surface area contributed by atoms with Crippen LogP contribution in [-0.4, -0.2) is 27.1 Å². The van der Waals surface area contributed by atoms with Crippen LogP contribution >= 0.6 is 0 Å². The zero-order valence-corrected chi connectivity index (χ0v) is 14.3. The van der Waals surface area contributed by atoms with Gasteiger partial charge in [-0.05, 0) is 24.6 Å². The van der Waals surface area contributed by atoms with E-state index < -0.39 is 23.2 Å². The van der Waals surface area contributed by atoms with Crippen molar-refractivity contribution < 1.29 is 23.6 Å². The number of carbonyl (C=O) groups excluding carboxylic acids is 1. The first kappa shape index (κ1) is 18.2. The molecule has 0 aliphatic carbocycles. The first-order chi connectivity index (χ1) is 12.9. The number of aliphatic carboxylic acids is 1. The number of carboxylic acids is 1. The standard InChI is InChI=1S/C19H16FN3O4/c1-19(11-15(24)25,12-7-3-2-4-8-12)22-17(26)16-21-18(27-23-16)13-9-5-6-10-14(13)20/h2-10H,11H2,1H3,(H,22,26)(H,24,25)/t19-/m0/s1. The molecule has 3 aromatic rings. The molecule has 1 heterocycles. The van der Waals surface area contributed by atoms with Gasteiger partial charge in [-0.2, -0.15) is 4.98 Å². The number of carboxylic acid groups (broad SMARTS) is 1. The van der Waals surface area contributed by atoms with Gasteiger partial charge in [-0.3, -0.25) is 9.59 Å². The van der Waals surface area contributed by atoms with Crippen LogP contribution in [0.4, 0.5) is 4.39 Å². The predicted molar refractivity (Wildman–Crippen MR) is 93.2 cm³/mol. The summed E-state index contributed by atoms with van der Waals surface area (Å²) in [5.74, 6) is -2.83. The van der Waals surface area contributed by atoms with Crippen LogP contribution in [0.3, 0.4) is 0 Å². The van der Waals surface area contributed by atoms with E-state index in [2.05, 4.69) is 15.5 Å². The fraction of sp³-hybridized carbons (Fsp3) is 0.158. The first-order valence-electron chi connectivity index (χ1n) is 8.07. The number of carbonyl (C=O) groups is 2. The number of aromatic nitrogens is 2. The van der Waals surface area contributed by atoms with Crippen LogP contribution in [0.2, 0.25) is 0 Å². The fourth-order valence-corrected chi connectivity index (χ4v) is 2.69. The Balaban J connectivity index is 1.87. The highest BCUT2D eigenvalue weighted by Gasteiger charge is 2.33. The molecule has 2 aromatic carbocycles. The van der Waals surface area contributed by atoms with Gasteiger partial charge in [0.1, 0.15) is 5.82 Å². The first-order valence-corrected chi connectivity index (χ1v) is 8.07. The summed E-state index contributed by atoms with van der Waals surface area (Å²) in [5.41, 5.74) is -0.512. The molecule has 0 saturated heterocycles. The molecule has 0 aliphatic rings. The molecule has 0 bridgehead atoms. The smallest absolute Gasteiger partial charge is 0.306 e. The molecule has 2 N–H and O–H groups in total. The second-order valence-corrected chi connectivity index (χ2v) is 6.13. The van der Waals surface area contributed by atoms with Crippen LogP contribution in [0.5, 0.6) is 0 Å². The normalized spacial score (nSPS) is 13.0. The van der Waals surface area contributed by atoms with Crippen LogP contribution in [0.15, 0.2) is 59.1 Å². The zero-order valence-electron chi connectivity index (χ0n) is 14.3. The molecular formula is C19H16FN3O4. The lowest BCUT2D eigenvalue weighted by atomic mass is 9.88. The molecule has 27 heavy (non-hydrogen) atoms. The van der Waals surface area contributed by atoms with Crippen molar-refractivity contribution in [2.24, 2.45) is 0 Å². The molecule has 0 saturated carbocycles. The van der Waals surface area contributed by atoms with Gasteiger partial charge in [0.25, 0.3) is 17.6 Å². The second kappa shape index (κ2) is 7.36. The molecule has 8 heteroatoms. The monoisotopic (exact) mass is 369 g/mol. The summed E-state index contributed by atoms with van der Waals surface area (Å²) in [5, 5.41) is 15.5. The highest BCUT2D eigenvalue weighted by molar-refractivity contribution is 5.91. The zero-order chi connectivity index (χ0) is 19.4. The molecule has 1 aromatic heterocycles. The molecular weight excluding hydrogens is 353 g/mol. The Morgan fingerprint density at radius 2 is 1.81 bits per heavy atom. The number of benzene rings is 2. The van der Waals surface area contributed by atoms with Crippen molar-refractivity contribution in [3.05, 3.63) is 71.8 Å². The number of nitrogens with zero attached hydrogens (tertiary/aromatic N) is 2. The Bertz CT molecular complexity index is 974. The van der Waals surface area contributed by atoms with E-state index in [-0.39, 0.29) is 23.7 Å². The van der Waals surface area contributed by atoms with E-state index in [1.165, 1.54) is 18.2 Å². The number of amides is 1. The summed E-state index contributed by atoms with van der Waals surface area (Å²) in [4.78, 5) is 27.8. The van der Waals surface area contributed by atoms with Crippen molar-refractivity contribution in [2.75, 3.05) is 0 Å². The van der Waals surface area contributed by atoms with E-state index in [0.717, 1.165) is 0 Å². The average Bonchev–Trinajstić information content (AvgIpc) is 3.12. The Hall–Kier alpha value is -3.55. The Labute approximate surface area is 153 Å². The lowest BCUT2D eigenvalue weighted by Crippen LogP contribution is -2.45. The summed E-state index contributed by atoms with van der Waals surface area (Å²) in [6.45, 7) is 1.59. The van der Waals surface area contributed by atoms with Gasteiger partial charge in [-0.1, -0.05) is 47.6 Å². The van der Waals surface area contributed by atoms with Crippen LogP contribution in [-0.2, 0) is 10.3 Å². The Morgan fingerprint density at radius 1 is 1.15 bits per heavy atom. The predicted octanol–water partition coefficient (Wildman–Crippen LogP) is 3.00. The van der Waals surface area contributed by atoms with Gasteiger partial charge < -0.3 is 14.9 Å². The van der Waals surface area contributed by atoms with Gasteiger partial charge in [-0.25, -0.2) is 4.39 Å². The Kier molecular flexibility index (Phi) is 4.98. The third-order valence-corrected chi connectivity index (χ3v) is 4.04. The molecule has 0 spiro atoms. The molecule has 1 amide bonds. The maximum Gasteiger partial charge on any atom is 0.306 e. The average molecular weight is 369 g/mol. The Morgan fingerprint density at radius 3 is 2.48 bits per heavy atom. The maximum atomic E-state index is 13.8. The fourth-order valence-electron chi connectivity index (χ4n) is 2.69. The highest BCUT2D eigenvalue weighted by atomic mass is 19.1. The molecule has 138 valence electrons. The van der Waals surface area contributed by atoms with Crippen molar-refractivity contribution in [3.8, 4) is 11.5 Å². The van der Waals surface area contributed by atoms with Crippen molar-refractivity contribution in [1.29, 1.82) is 0 Å². The molecule has 0 unspecified atom stereocenters. The summed E-state index contributed by atoms with van der Waals surface area (Å²) in [6.07, 6.45) is -0.346. The summed E-state index contributed by atoms with van der Waals surface area (Å²) in [7, 11) is 0. The molecule has 7 nitrogen and oxygen atoms in total. The largest absolute Gasteiger partial charge is 0.481 e. The number of halogens is 1. The maximum absolute atomic E-state index is 13.8. The lowest BCUT2D eigenvalue weighted by molar-refractivity contribution is -0.138. The minimum Gasteiger partial charge on any atom is -0.481 e. The summed E-state index contributed by atoms with van der Waals surface area (Å²) in [6, 6.07) is 14.5.